The van der Waals surface area contributed by atoms with Crippen molar-refractivity contribution in [3.8, 4) is 0 Å². The normalized spacial score (nSPS) is 13.9. The van der Waals surface area contributed by atoms with E-state index in [2.05, 4.69) is 10.6 Å². The molecule has 1 aliphatic heterocycles. The largest absolute Gasteiger partial charge is 0.355 e. The molecule has 2 amide bonds. The fraction of sp³-hybridized carbons (Fsp3) is 0.182. The Hall–Kier alpha value is -3.10. The van der Waals surface area contributed by atoms with Crippen molar-refractivity contribution in [2.45, 2.75) is 17.7 Å². The average molecular weight is 458 g/mol. The Kier molecular flexibility index (Phi) is 5.84. The molecule has 3 aromatic carbocycles. The van der Waals surface area contributed by atoms with Crippen molar-refractivity contribution in [1.29, 1.82) is 0 Å². The van der Waals surface area contributed by atoms with Gasteiger partial charge >= 0.3 is 0 Å². The second kappa shape index (κ2) is 8.56. The number of sulfonamides is 1. The van der Waals surface area contributed by atoms with Gasteiger partial charge in [-0.1, -0.05) is 35.9 Å². The van der Waals surface area contributed by atoms with Gasteiger partial charge in [-0.3, -0.25) is 13.9 Å². The third-order valence-electron chi connectivity index (χ3n) is 5.00. The summed E-state index contributed by atoms with van der Waals surface area (Å²) in [6.45, 7) is -0.0506. The third kappa shape index (κ3) is 4.35. The molecule has 0 aromatic heterocycles. The molecule has 7 nitrogen and oxygen atoms in total. The fourth-order valence-electron chi connectivity index (χ4n) is 3.55. The van der Waals surface area contributed by atoms with Crippen LogP contribution in [0.5, 0.6) is 0 Å². The van der Waals surface area contributed by atoms with E-state index in [1.54, 1.807) is 48.5 Å². The number of benzene rings is 3. The van der Waals surface area contributed by atoms with Crippen LogP contribution in [0.3, 0.4) is 0 Å². The van der Waals surface area contributed by atoms with Gasteiger partial charge in [0.2, 0.25) is 11.8 Å². The molecule has 0 unspecified atom stereocenters. The molecule has 0 bridgehead atoms. The number of amides is 2. The van der Waals surface area contributed by atoms with Crippen LogP contribution in [-0.4, -0.2) is 33.3 Å². The van der Waals surface area contributed by atoms with Crippen LogP contribution in [-0.2, 0) is 19.6 Å². The molecule has 1 aliphatic rings. The fourth-order valence-corrected chi connectivity index (χ4v) is 5.34. The Labute approximate surface area is 185 Å². The lowest BCUT2D eigenvalue weighted by atomic mass is 10.1. The molecule has 0 fully saturated rings. The van der Waals surface area contributed by atoms with Gasteiger partial charge in [-0.25, -0.2) is 8.42 Å². The maximum absolute atomic E-state index is 12.9. The van der Waals surface area contributed by atoms with Crippen molar-refractivity contribution in [2.24, 2.45) is 0 Å². The summed E-state index contributed by atoms with van der Waals surface area (Å²) in [5, 5.41) is 7.47. The highest BCUT2D eigenvalue weighted by Crippen LogP contribution is 2.41. The molecule has 0 aliphatic carbocycles. The standard InChI is InChI=1S/C22H20ClN3O4S/c23-16-9-11-17(12-10-16)25-20(27)8-3-13-24-21(28)14-26-18-6-1-4-15-5-2-7-19(22(15)18)31(26,29)30/h1-2,4-7,9-12H,3,8,13-14H2,(H,24,28)(H,25,27). The van der Waals surface area contributed by atoms with Gasteiger partial charge in [-0.05, 0) is 48.2 Å². The molecule has 0 radical (unpaired) electrons. The van der Waals surface area contributed by atoms with Gasteiger partial charge in [0.05, 0.1) is 10.6 Å². The first kappa shape index (κ1) is 21.1. The first-order chi connectivity index (χ1) is 14.9. The summed E-state index contributed by atoms with van der Waals surface area (Å²) in [6.07, 6.45) is 0.642. The van der Waals surface area contributed by atoms with Crippen LogP contribution in [0.1, 0.15) is 12.8 Å². The molecule has 0 spiro atoms. The highest BCUT2D eigenvalue weighted by atomic mass is 35.5. The van der Waals surface area contributed by atoms with Crippen LogP contribution < -0.4 is 14.9 Å². The van der Waals surface area contributed by atoms with E-state index in [0.717, 1.165) is 9.69 Å². The van der Waals surface area contributed by atoms with Crippen molar-refractivity contribution >= 4 is 55.6 Å². The summed E-state index contributed by atoms with van der Waals surface area (Å²) < 4.78 is 26.9. The van der Waals surface area contributed by atoms with E-state index >= 15 is 0 Å². The average Bonchev–Trinajstić information content (AvgIpc) is 2.96. The van der Waals surface area contributed by atoms with E-state index < -0.39 is 15.9 Å². The van der Waals surface area contributed by atoms with Crippen LogP contribution in [0.25, 0.3) is 10.8 Å². The number of halogens is 1. The highest BCUT2D eigenvalue weighted by molar-refractivity contribution is 7.93. The van der Waals surface area contributed by atoms with Gasteiger partial charge < -0.3 is 10.6 Å². The smallest absolute Gasteiger partial charge is 0.265 e. The monoisotopic (exact) mass is 457 g/mol. The van der Waals surface area contributed by atoms with Gasteiger partial charge in [-0.2, -0.15) is 0 Å². The molecule has 160 valence electrons. The molecule has 0 atom stereocenters. The van der Waals surface area contributed by atoms with Crippen molar-refractivity contribution < 1.29 is 18.0 Å². The number of carbonyl (C=O) groups is 2. The maximum Gasteiger partial charge on any atom is 0.265 e. The topological polar surface area (TPSA) is 95.6 Å². The minimum absolute atomic E-state index is 0.180. The van der Waals surface area contributed by atoms with E-state index in [-0.39, 0.29) is 30.3 Å². The SMILES string of the molecule is O=C(CN1c2cccc3cccc(c23)S1(=O)=O)NCCCC(=O)Nc1ccc(Cl)cc1. The summed E-state index contributed by atoms with van der Waals surface area (Å²) in [5.74, 6) is -0.604. The molecular weight excluding hydrogens is 438 g/mol. The number of carbonyl (C=O) groups excluding carboxylic acids is 2. The lowest BCUT2D eigenvalue weighted by Gasteiger charge is -2.18. The van der Waals surface area contributed by atoms with Gasteiger partial charge in [0.15, 0.2) is 0 Å². The van der Waals surface area contributed by atoms with Gasteiger partial charge in [0, 0.05) is 29.1 Å². The van der Waals surface area contributed by atoms with E-state index in [4.69, 9.17) is 11.6 Å². The maximum atomic E-state index is 12.9. The van der Waals surface area contributed by atoms with Crippen LogP contribution in [0.15, 0.2) is 65.6 Å². The second-order valence-corrected chi connectivity index (χ2v) is 9.42. The first-order valence-corrected chi connectivity index (χ1v) is 11.5. The Morgan fingerprint density at radius 2 is 1.65 bits per heavy atom. The first-order valence-electron chi connectivity index (χ1n) is 9.73. The quantitative estimate of drug-likeness (QED) is 0.530. The predicted octanol–water partition coefficient (Wildman–Crippen LogP) is 3.54. The second-order valence-electron chi connectivity index (χ2n) is 7.15. The lowest BCUT2D eigenvalue weighted by Crippen LogP contribution is -2.39. The lowest BCUT2D eigenvalue weighted by molar-refractivity contribution is -0.120. The molecule has 9 heteroatoms. The highest BCUT2D eigenvalue weighted by Gasteiger charge is 2.36. The molecule has 0 saturated heterocycles. The zero-order chi connectivity index (χ0) is 22.0. The summed E-state index contributed by atoms with van der Waals surface area (Å²) in [5.41, 5.74) is 1.15. The van der Waals surface area contributed by atoms with Crippen LogP contribution in [0.2, 0.25) is 5.02 Å². The Bertz CT molecular complexity index is 1250. The van der Waals surface area contributed by atoms with E-state index in [9.17, 15) is 18.0 Å². The molecule has 3 aromatic rings. The number of nitrogens with one attached hydrogen (secondary N) is 2. The van der Waals surface area contributed by atoms with E-state index in [1.165, 1.54) is 0 Å². The molecule has 1 heterocycles. The molecule has 2 N–H and O–H groups in total. The van der Waals surface area contributed by atoms with E-state index in [1.807, 2.05) is 12.1 Å². The van der Waals surface area contributed by atoms with Crippen LogP contribution >= 0.6 is 11.6 Å². The Morgan fingerprint density at radius 3 is 2.39 bits per heavy atom. The van der Waals surface area contributed by atoms with Crippen molar-refractivity contribution in [3.05, 3.63) is 65.7 Å². The van der Waals surface area contributed by atoms with Crippen molar-refractivity contribution in [1.82, 2.24) is 5.32 Å². The van der Waals surface area contributed by atoms with E-state index in [0.29, 0.717) is 28.2 Å². The summed E-state index contributed by atoms with van der Waals surface area (Å²) in [4.78, 5) is 24.6. The zero-order valence-electron chi connectivity index (χ0n) is 16.5. The van der Waals surface area contributed by atoms with Crippen molar-refractivity contribution in [3.63, 3.8) is 0 Å². The number of hydrogen-bond donors (Lipinski definition) is 2. The predicted molar refractivity (Wildman–Crippen MR) is 121 cm³/mol. The molecular formula is C22H20ClN3O4S. The number of anilines is 2. The zero-order valence-corrected chi connectivity index (χ0v) is 18.0. The molecule has 0 saturated carbocycles. The Morgan fingerprint density at radius 1 is 0.935 bits per heavy atom. The third-order valence-corrected chi connectivity index (χ3v) is 7.05. The summed E-state index contributed by atoms with van der Waals surface area (Å²) >= 11 is 5.81. The van der Waals surface area contributed by atoms with Crippen LogP contribution in [0, 0.1) is 0 Å². The number of nitrogens with zero attached hydrogens (tertiary/aromatic N) is 1. The minimum Gasteiger partial charge on any atom is -0.355 e. The summed E-state index contributed by atoms with van der Waals surface area (Å²) in [7, 11) is -3.78. The minimum atomic E-state index is -3.78. The summed E-state index contributed by atoms with van der Waals surface area (Å²) in [6, 6.07) is 17.2. The molecule has 4 rings (SSSR count). The molecule has 31 heavy (non-hydrogen) atoms. The van der Waals surface area contributed by atoms with Gasteiger partial charge in [0.1, 0.15) is 6.54 Å². The van der Waals surface area contributed by atoms with Gasteiger partial charge in [0.25, 0.3) is 10.0 Å². The Balaban J connectivity index is 1.30. The van der Waals surface area contributed by atoms with Crippen molar-refractivity contribution in [2.75, 3.05) is 22.7 Å². The van der Waals surface area contributed by atoms with Crippen LogP contribution in [0.4, 0.5) is 11.4 Å². The number of rotatable bonds is 7. The van der Waals surface area contributed by atoms with Gasteiger partial charge in [-0.15, -0.1) is 0 Å². The number of hydrogen-bond acceptors (Lipinski definition) is 4.